The Labute approximate surface area is 155 Å². The summed E-state index contributed by atoms with van der Waals surface area (Å²) >= 11 is 0. The molecule has 1 aromatic heterocycles. The van der Waals surface area contributed by atoms with E-state index in [1.807, 2.05) is 30.3 Å². The number of hydrogen-bond acceptors (Lipinski definition) is 5. The number of fused-ring (bicyclic) bond motifs is 5. The lowest BCUT2D eigenvalue weighted by molar-refractivity contribution is -0.149. The van der Waals surface area contributed by atoms with E-state index < -0.39 is 29.7 Å². The number of nitrogens with two attached hydrogens (primary N) is 1. The van der Waals surface area contributed by atoms with Gasteiger partial charge in [0.25, 0.3) is 0 Å². The predicted molar refractivity (Wildman–Crippen MR) is 94.6 cm³/mol. The van der Waals surface area contributed by atoms with E-state index in [1.54, 1.807) is 6.20 Å². The van der Waals surface area contributed by atoms with Crippen molar-refractivity contribution >= 4 is 17.8 Å². The van der Waals surface area contributed by atoms with Gasteiger partial charge < -0.3 is 20.2 Å². The maximum atomic E-state index is 12.6. The maximum absolute atomic E-state index is 12.6. The average molecular weight is 368 g/mol. The van der Waals surface area contributed by atoms with E-state index in [-0.39, 0.29) is 18.4 Å². The minimum Gasteiger partial charge on any atom is -0.469 e. The Bertz CT molecular complexity index is 904. The number of hydrogen-bond donors (Lipinski definition) is 2. The molecule has 2 aromatic rings. The van der Waals surface area contributed by atoms with Crippen molar-refractivity contribution in [3.63, 3.8) is 0 Å². The SMILES string of the molecule is COC(=O)[C@H]1[C@H](C(N)=O)[C@@H]2C[C@H]1c1c2c[nH]c1C(=O)OCc1ccccc1. The number of benzene rings is 1. The van der Waals surface area contributed by atoms with E-state index >= 15 is 0 Å². The fourth-order valence-electron chi connectivity index (χ4n) is 4.63. The number of primary amides is 1. The van der Waals surface area contributed by atoms with Crippen molar-refractivity contribution in [2.75, 3.05) is 7.11 Å². The molecule has 1 aromatic carbocycles. The molecule has 4 rings (SSSR count). The van der Waals surface area contributed by atoms with Gasteiger partial charge in [0.2, 0.25) is 5.91 Å². The molecule has 27 heavy (non-hydrogen) atoms. The lowest BCUT2D eigenvalue weighted by Gasteiger charge is -2.27. The van der Waals surface area contributed by atoms with E-state index in [2.05, 4.69) is 4.98 Å². The molecule has 1 fully saturated rings. The van der Waals surface area contributed by atoms with Crippen molar-refractivity contribution in [1.29, 1.82) is 0 Å². The van der Waals surface area contributed by atoms with Gasteiger partial charge >= 0.3 is 11.9 Å². The van der Waals surface area contributed by atoms with Gasteiger partial charge in [0.1, 0.15) is 12.3 Å². The normalized spacial score (nSPS) is 25.1. The summed E-state index contributed by atoms with van der Waals surface area (Å²) in [7, 11) is 1.29. The molecule has 7 heteroatoms. The van der Waals surface area contributed by atoms with E-state index in [0.717, 1.165) is 16.7 Å². The molecule has 1 amide bonds. The van der Waals surface area contributed by atoms with E-state index in [9.17, 15) is 14.4 Å². The van der Waals surface area contributed by atoms with Crippen LogP contribution in [0.1, 0.15) is 45.4 Å². The third-order valence-corrected chi connectivity index (χ3v) is 5.70. The van der Waals surface area contributed by atoms with Crippen LogP contribution < -0.4 is 5.73 Å². The van der Waals surface area contributed by atoms with E-state index in [4.69, 9.17) is 15.2 Å². The predicted octanol–water partition coefficient (Wildman–Crippen LogP) is 1.85. The minimum absolute atomic E-state index is 0.159. The summed E-state index contributed by atoms with van der Waals surface area (Å²) in [6.45, 7) is 0.159. The number of ether oxygens (including phenoxy) is 2. The van der Waals surface area contributed by atoms with Crippen LogP contribution in [0.25, 0.3) is 0 Å². The summed E-state index contributed by atoms with van der Waals surface area (Å²) < 4.78 is 10.3. The van der Waals surface area contributed by atoms with Gasteiger partial charge in [-0.25, -0.2) is 4.79 Å². The quantitative estimate of drug-likeness (QED) is 0.782. The molecule has 0 aliphatic heterocycles. The van der Waals surface area contributed by atoms with Crippen molar-refractivity contribution in [2.45, 2.75) is 24.9 Å². The van der Waals surface area contributed by atoms with Crippen molar-refractivity contribution in [2.24, 2.45) is 17.6 Å². The molecule has 2 bridgehead atoms. The van der Waals surface area contributed by atoms with Crippen molar-refractivity contribution < 1.29 is 23.9 Å². The van der Waals surface area contributed by atoms with Gasteiger partial charge in [0, 0.05) is 12.1 Å². The van der Waals surface area contributed by atoms with Crippen LogP contribution in [0.15, 0.2) is 36.5 Å². The number of carbonyl (C=O) groups is 3. The zero-order valence-corrected chi connectivity index (χ0v) is 14.8. The average Bonchev–Trinajstić information content (AvgIpc) is 3.36. The highest BCUT2D eigenvalue weighted by atomic mass is 16.5. The molecule has 0 unspecified atom stereocenters. The third-order valence-electron chi connectivity index (χ3n) is 5.70. The smallest absolute Gasteiger partial charge is 0.355 e. The highest BCUT2D eigenvalue weighted by molar-refractivity contribution is 5.93. The minimum atomic E-state index is -0.665. The summed E-state index contributed by atoms with van der Waals surface area (Å²) in [5.74, 6) is -3.20. The molecule has 7 nitrogen and oxygen atoms in total. The van der Waals surface area contributed by atoms with Crippen LogP contribution in [0.2, 0.25) is 0 Å². The molecule has 1 saturated carbocycles. The second-order valence-corrected chi connectivity index (χ2v) is 7.02. The summed E-state index contributed by atoms with van der Waals surface area (Å²) in [5, 5.41) is 0. The molecule has 2 aliphatic carbocycles. The molecule has 0 saturated heterocycles. The van der Waals surface area contributed by atoms with Crippen molar-refractivity contribution in [3.8, 4) is 0 Å². The number of rotatable bonds is 5. The van der Waals surface area contributed by atoms with Gasteiger partial charge in [0.05, 0.1) is 18.9 Å². The standard InChI is InChI=1S/C20H20N2O5/c1-26-19(24)16-12-7-11(15(16)18(21)23)13-8-22-17(14(12)13)20(25)27-9-10-5-3-2-4-6-10/h2-6,8,11-12,15-16,22H,7,9H2,1H3,(H2,21,23)/t11-,12+,15-,16-/m1/s1. The second-order valence-electron chi connectivity index (χ2n) is 7.02. The Morgan fingerprint density at radius 2 is 1.89 bits per heavy atom. The van der Waals surface area contributed by atoms with Crippen molar-refractivity contribution in [1.82, 2.24) is 4.98 Å². The zero-order valence-electron chi connectivity index (χ0n) is 14.8. The monoisotopic (exact) mass is 368 g/mol. The van der Waals surface area contributed by atoms with Gasteiger partial charge in [0.15, 0.2) is 0 Å². The van der Waals surface area contributed by atoms with E-state index in [0.29, 0.717) is 12.1 Å². The number of aromatic amines is 1. The molecule has 3 N–H and O–H groups in total. The number of esters is 2. The van der Waals surface area contributed by atoms with Crippen LogP contribution in [0.3, 0.4) is 0 Å². The van der Waals surface area contributed by atoms with Crippen LogP contribution in [-0.2, 0) is 25.7 Å². The molecule has 2 aliphatic rings. The number of aromatic nitrogens is 1. The summed E-state index contributed by atoms with van der Waals surface area (Å²) in [5.41, 5.74) is 8.41. The van der Waals surface area contributed by atoms with Crippen LogP contribution in [0.5, 0.6) is 0 Å². The highest BCUT2D eigenvalue weighted by Gasteiger charge is 2.58. The number of methoxy groups -OCH3 is 1. The molecular weight excluding hydrogens is 348 g/mol. The molecule has 140 valence electrons. The Balaban J connectivity index is 1.61. The Morgan fingerprint density at radius 1 is 1.15 bits per heavy atom. The summed E-state index contributed by atoms with van der Waals surface area (Å²) in [6, 6.07) is 9.39. The topological polar surface area (TPSA) is 111 Å². The van der Waals surface area contributed by atoms with Gasteiger partial charge in [-0.1, -0.05) is 30.3 Å². The highest BCUT2D eigenvalue weighted by Crippen LogP contribution is 2.60. The summed E-state index contributed by atoms with van der Waals surface area (Å²) in [6.07, 6.45) is 2.33. The molecule has 1 heterocycles. The van der Waals surface area contributed by atoms with Gasteiger partial charge in [-0.3, -0.25) is 9.59 Å². The van der Waals surface area contributed by atoms with Gasteiger partial charge in [-0.05, 0) is 29.0 Å². The number of nitrogens with one attached hydrogen (secondary N) is 1. The lowest BCUT2D eigenvalue weighted by Crippen LogP contribution is -2.38. The second kappa shape index (κ2) is 6.57. The zero-order chi connectivity index (χ0) is 19.1. The van der Waals surface area contributed by atoms with Gasteiger partial charge in [-0.2, -0.15) is 0 Å². The van der Waals surface area contributed by atoms with Crippen LogP contribution in [0, 0.1) is 11.8 Å². The first-order chi connectivity index (χ1) is 13.0. The number of amides is 1. The van der Waals surface area contributed by atoms with Crippen molar-refractivity contribution in [3.05, 3.63) is 58.9 Å². The largest absolute Gasteiger partial charge is 0.469 e. The lowest BCUT2D eigenvalue weighted by atomic mass is 9.76. The van der Waals surface area contributed by atoms with Gasteiger partial charge in [-0.15, -0.1) is 0 Å². The molecule has 0 spiro atoms. The van der Waals surface area contributed by atoms with Crippen LogP contribution in [0.4, 0.5) is 0 Å². The van der Waals surface area contributed by atoms with Crippen LogP contribution >= 0.6 is 0 Å². The first-order valence-electron chi connectivity index (χ1n) is 8.82. The number of carbonyl (C=O) groups excluding carboxylic acids is 3. The first-order valence-corrected chi connectivity index (χ1v) is 8.82. The Morgan fingerprint density at radius 3 is 2.56 bits per heavy atom. The Hall–Kier alpha value is -3.09. The molecular formula is C20H20N2O5. The maximum Gasteiger partial charge on any atom is 0.355 e. The fraction of sp³-hybridized carbons (Fsp3) is 0.350. The third kappa shape index (κ3) is 2.70. The molecule has 4 atom stereocenters. The van der Waals surface area contributed by atoms with Crippen LogP contribution in [-0.4, -0.2) is 29.9 Å². The fourth-order valence-corrected chi connectivity index (χ4v) is 4.63. The summed E-state index contributed by atoms with van der Waals surface area (Å²) in [4.78, 5) is 39.8. The van der Waals surface area contributed by atoms with E-state index in [1.165, 1.54) is 7.11 Å². The molecule has 0 radical (unpaired) electrons. The Kier molecular flexibility index (Phi) is 4.22. The number of H-pyrrole nitrogens is 1. The first kappa shape index (κ1) is 17.3.